The van der Waals surface area contributed by atoms with Crippen molar-refractivity contribution >= 4 is 18.0 Å². The maximum Gasteiger partial charge on any atom is 0.199 e. The summed E-state index contributed by atoms with van der Waals surface area (Å²) < 4.78 is 0.536. The highest BCUT2D eigenvalue weighted by atomic mass is 32.1. The molecule has 3 nitrogen and oxygen atoms in total. The van der Waals surface area contributed by atoms with Gasteiger partial charge in [-0.3, -0.25) is 0 Å². The van der Waals surface area contributed by atoms with Crippen LogP contribution in [0.25, 0.3) is 11.3 Å². The molecule has 3 rings (SSSR count). The highest BCUT2D eigenvalue weighted by molar-refractivity contribution is 7.71. The number of H-pyrrole nitrogens is 1. The van der Waals surface area contributed by atoms with Gasteiger partial charge in [0, 0.05) is 12.1 Å². The van der Waals surface area contributed by atoms with Crippen LogP contribution in [0.2, 0.25) is 0 Å². The van der Waals surface area contributed by atoms with Crippen LogP contribution in [-0.2, 0) is 6.42 Å². The van der Waals surface area contributed by atoms with Crippen LogP contribution in [0.3, 0.4) is 0 Å². The number of aryl methyl sites for hydroxylation is 1. The summed E-state index contributed by atoms with van der Waals surface area (Å²) in [5, 5.41) is 3.26. The molecule has 1 aromatic heterocycles. The van der Waals surface area contributed by atoms with Gasteiger partial charge >= 0.3 is 0 Å². The van der Waals surface area contributed by atoms with Crippen molar-refractivity contribution in [3.8, 4) is 11.3 Å². The number of anilines is 1. The Labute approximate surface area is 105 Å². The van der Waals surface area contributed by atoms with Crippen LogP contribution >= 0.6 is 12.2 Å². The van der Waals surface area contributed by atoms with Gasteiger partial charge in [-0.05, 0) is 31.1 Å². The molecule has 17 heavy (non-hydrogen) atoms. The Morgan fingerprint density at radius 3 is 2.76 bits per heavy atom. The first-order chi connectivity index (χ1) is 8.24. The van der Waals surface area contributed by atoms with Gasteiger partial charge in [0.15, 0.2) is 4.77 Å². The fraction of sp³-hybridized carbons (Fsp3) is 0.231. The highest BCUT2D eigenvalue weighted by Gasteiger charge is 2.17. The molecular weight excluding hydrogens is 230 g/mol. The highest BCUT2D eigenvalue weighted by Crippen LogP contribution is 2.29. The summed E-state index contributed by atoms with van der Waals surface area (Å²) in [5.41, 5.74) is 4.77. The van der Waals surface area contributed by atoms with Gasteiger partial charge < -0.3 is 10.3 Å². The maximum atomic E-state index is 5.16. The Balaban J connectivity index is 2.21. The summed E-state index contributed by atoms with van der Waals surface area (Å²) in [7, 11) is 0. The number of rotatable bonds is 1. The molecule has 86 valence electrons. The Kier molecular flexibility index (Phi) is 2.44. The summed E-state index contributed by atoms with van der Waals surface area (Å²) in [5.74, 6) is 0.935. The number of hydrogen-bond acceptors (Lipinski definition) is 3. The van der Waals surface area contributed by atoms with Crippen molar-refractivity contribution in [3.63, 3.8) is 0 Å². The quantitative estimate of drug-likeness (QED) is 0.756. The van der Waals surface area contributed by atoms with Gasteiger partial charge in [0.25, 0.3) is 0 Å². The minimum absolute atomic E-state index is 0.536. The summed E-state index contributed by atoms with van der Waals surface area (Å²) in [6, 6.07) is 8.46. The average molecular weight is 243 g/mol. The molecule has 1 aliphatic heterocycles. The normalized spacial score (nSPS) is 13.2. The molecule has 0 aliphatic carbocycles. The first-order valence-electron chi connectivity index (χ1n) is 5.68. The van der Waals surface area contributed by atoms with Crippen molar-refractivity contribution < 1.29 is 0 Å². The molecule has 2 N–H and O–H groups in total. The van der Waals surface area contributed by atoms with Crippen molar-refractivity contribution in [1.82, 2.24) is 9.97 Å². The largest absolute Gasteiger partial charge is 0.369 e. The van der Waals surface area contributed by atoms with E-state index in [1.165, 1.54) is 16.7 Å². The molecule has 0 fully saturated rings. The van der Waals surface area contributed by atoms with E-state index in [-0.39, 0.29) is 0 Å². The third kappa shape index (κ3) is 1.85. The van der Waals surface area contributed by atoms with Gasteiger partial charge in [-0.25, -0.2) is 4.98 Å². The Morgan fingerprint density at radius 2 is 2.00 bits per heavy atom. The minimum Gasteiger partial charge on any atom is -0.369 e. The molecule has 1 aliphatic rings. The molecule has 0 spiro atoms. The molecule has 0 amide bonds. The second-order valence-corrected chi connectivity index (χ2v) is 4.67. The molecular formula is C13H13N3S. The van der Waals surface area contributed by atoms with Crippen LogP contribution in [0.1, 0.15) is 11.1 Å². The van der Waals surface area contributed by atoms with Crippen LogP contribution in [-0.4, -0.2) is 16.5 Å². The van der Waals surface area contributed by atoms with Gasteiger partial charge in [-0.15, -0.1) is 0 Å². The molecule has 0 bridgehead atoms. The average Bonchev–Trinajstić information content (AvgIpc) is 2.77. The molecule has 0 saturated heterocycles. The first kappa shape index (κ1) is 10.5. The second-order valence-electron chi connectivity index (χ2n) is 4.29. The molecule has 0 saturated carbocycles. The lowest BCUT2D eigenvalue weighted by Gasteiger charge is -2.07. The van der Waals surface area contributed by atoms with E-state index in [1.807, 2.05) is 0 Å². The first-order valence-corrected chi connectivity index (χ1v) is 6.09. The third-order valence-corrected chi connectivity index (χ3v) is 3.23. The van der Waals surface area contributed by atoms with E-state index >= 15 is 0 Å². The molecule has 2 heterocycles. The van der Waals surface area contributed by atoms with Gasteiger partial charge in [-0.1, -0.05) is 29.8 Å². The van der Waals surface area contributed by atoms with Crippen LogP contribution in [0.4, 0.5) is 5.82 Å². The van der Waals surface area contributed by atoms with E-state index in [0.29, 0.717) is 4.77 Å². The van der Waals surface area contributed by atoms with E-state index in [0.717, 1.165) is 24.5 Å². The molecule has 0 unspecified atom stereocenters. The fourth-order valence-electron chi connectivity index (χ4n) is 2.16. The van der Waals surface area contributed by atoms with Gasteiger partial charge in [0.1, 0.15) is 5.82 Å². The van der Waals surface area contributed by atoms with Crippen LogP contribution in [0.15, 0.2) is 24.3 Å². The van der Waals surface area contributed by atoms with Crippen molar-refractivity contribution in [2.45, 2.75) is 13.3 Å². The summed E-state index contributed by atoms with van der Waals surface area (Å²) >= 11 is 5.16. The number of aromatic nitrogens is 2. The van der Waals surface area contributed by atoms with Gasteiger partial charge in [-0.2, -0.15) is 0 Å². The van der Waals surface area contributed by atoms with Gasteiger partial charge in [0.05, 0.1) is 5.69 Å². The van der Waals surface area contributed by atoms with Crippen LogP contribution < -0.4 is 5.32 Å². The zero-order chi connectivity index (χ0) is 11.8. The predicted molar refractivity (Wildman–Crippen MR) is 71.8 cm³/mol. The summed E-state index contributed by atoms with van der Waals surface area (Å²) in [4.78, 5) is 7.51. The second kappa shape index (κ2) is 3.96. The number of nitrogens with zero attached hydrogens (tertiary/aromatic N) is 1. The lowest BCUT2D eigenvalue weighted by Crippen LogP contribution is -1.96. The molecule has 0 radical (unpaired) electrons. The predicted octanol–water partition coefficient (Wildman–Crippen LogP) is 3.08. The number of fused-ring (bicyclic) bond motifs is 1. The number of aromatic amines is 1. The van der Waals surface area contributed by atoms with Crippen molar-refractivity contribution in [2.75, 3.05) is 11.9 Å². The standard InChI is InChI=1S/C13H13N3S/c1-8-2-4-9(5-3-8)11-10-6-7-14-12(10)16-13(17)15-11/h2-5H,6-7H2,1H3,(H2,14,15,16,17). The van der Waals surface area contributed by atoms with E-state index in [4.69, 9.17) is 12.2 Å². The monoisotopic (exact) mass is 243 g/mol. The Bertz CT molecular complexity index is 614. The van der Waals surface area contributed by atoms with Crippen LogP contribution in [0.5, 0.6) is 0 Å². The van der Waals surface area contributed by atoms with Crippen molar-refractivity contribution in [1.29, 1.82) is 0 Å². The van der Waals surface area contributed by atoms with Crippen LogP contribution in [0, 0.1) is 11.7 Å². The topological polar surface area (TPSA) is 40.7 Å². The zero-order valence-corrected chi connectivity index (χ0v) is 10.4. The van der Waals surface area contributed by atoms with E-state index in [9.17, 15) is 0 Å². The summed E-state index contributed by atoms with van der Waals surface area (Å²) in [6.07, 6.45) is 0.998. The van der Waals surface area contributed by atoms with Crippen molar-refractivity contribution in [2.24, 2.45) is 0 Å². The fourth-order valence-corrected chi connectivity index (χ4v) is 2.35. The summed E-state index contributed by atoms with van der Waals surface area (Å²) in [6.45, 7) is 3.03. The maximum absolute atomic E-state index is 5.16. The van der Waals surface area contributed by atoms with E-state index in [1.54, 1.807) is 0 Å². The van der Waals surface area contributed by atoms with E-state index < -0.39 is 0 Å². The van der Waals surface area contributed by atoms with Crippen molar-refractivity contribution in [3.05, 3.63) is 40.2 Å². The lowest BCUT2D eigenvalue weighted by molar-refractivity contribution is 1.08. The molecule has 1 aromatic carbocycles. The SMILES string of the molecule is Cc1ccc(-c2[nH]c(=S)nc3c2CCN3)cc1. The van der Waals surface area contributed by atoms with E-state index in [2.05, 4.69) is 46.5 Å². The number of benzene rings is 1. The van der Waals surface area contributed by atoms with Gasteiger partial charge in [0.2, 0.25) is 0 Å². The Morgan fingerprint density at radius 1 is 1.24 bits per heavy atom. The Hall–Kier alpha value is -1.68. The zero-order valence-electron chi connectivity index (χ0n) is 9.58. The third-order valence-electron chi connectivity index (χ3n) is 3.04. The lowest BCUT2D eigenvalue weighted by atomic mass is 10.0. The number of nitrogens with one attached hydrogen (secondary N) is 2. The molecule has 4 heteroatoms. The molecule has 2 aromatic rings. The minimum atomic E-state index is 0.536. The molecule has 0 atom stereocenters. The smallest absolute Gasteiger partial charge is 0.199 e. The number of hydrogen-bond donors (Lipinski definition) is 2.